The molecule has 4 aliphatic carbocycles. The van der Waals surface area contributed by atoms with E-state index >= 15 is 0 Å². The zero-order valence-corrected chi connectivity index (χ0v) is 26.0. The molecule has 2 aromatic rings. The van der Waals surface area contributed by atoms with Crippen LogP contribution in [0.5, 0.6) is 0 Å². The lowest BCUT2D eigenvalue weighted by Gasteiger charge is -2.49. The van der Waals surface area contributed by atoms with Gasteiger partial charge in [-0.2, -0.15) is 0 Å². The summed E-state index contributed by atoms with van der Waals surface area (Å²) in [6, 6.07) is 16.8. The molecule has 9 heteroatoms. The molecule has 2 N–H and O–H groups in total. The molecule has 0 unspecified atom stereocenters. The van der Waals surface area contributed by atoms with Crippen molar-refractivity contribution in [3.8, 4) is 0 Å². The second-order valence-electron chi connectivity index (χ2n) is 13.4. The van der Waals surface area contributed by atoms with Crippen molar-refractivity contribution >= 4 is 23.7 Å². The van der Waals surface area contributed by atoms with E-state index in [-0.39, 0.29) is 24.4 Å². The van der Waals surface area contributed by atoms with Gasteiger partial charge >= 0.3 is 17.9 Å². The monoisotopic (exact) mass is 614 g/mol. The Morgan fingerprint density at radius 3 is 2.09 bits per heavy atom. The van der Waals surface area contributed by atoms with Gasteiger partial charge in [-0.15, -0.1) is 0 Å². The standard InChI is InChI=1S/C36H38O9/c1-20-16-26-27-33(5,19-43-31(40)24-12-8-6-9-13-24)35(27,45-23(4)37)18-22(3)34(29(26)39)17-21(2)30(36(34,42)28(20)38)44-32(41)25-14-10-7-11-15-25/h6-17,22,26-28,30,38,42H,18-19H2,1-5H3/t22-,26+,27-,28-,30+,33-,34+,35+,36+/m1/s1. The normalized spacial score (nSPS) is 37.9. The first kappa shape index (κ1) is 30.9. The van der Waals surface area contributed by atoms with Crippen LogP contribution in [0, 0.1) is 28.6 Å². The molecule has 0 saturated heterocycles. The number of allylic oxidation sites excluding steroid dienone is 1. The second kappa shape index (κ2) is 10.5. The van der Waals surface area contributed by atoms with Crippen LogP contribution in [0.1, 0.15) is 61.8 Å². The van der Waals surface area contributed by atoms with E-state index in [1.807, 2.05) is 6.92 Å². The van der Waals surface area contributed by atoms with Crippen molar-refractivity contribution in [3.05, 3.63) is 95.1 Å². The predicted molar refractivity (Wildman–Crippen MR) is 162 cm³/mol. The topological polar surface area (TPSA) is 136 Å². The molecule has 45 heavy (non-hydrogen) atoms. The maximum atomic E-state index is 15.0. The van der Waals surface area contributed by atoms with Gasteiger partial charge in [0.2, 0.25) is 0 Å². The van der Waals surface area contributed by atoms with Crippen molar-refractivity contribution in [2.45, 2.75) is 64.4 Å². The van der Waals surface area contributed by atoms with Crippen molar-refractivity contribution in [3.63, 3.8) is 0 Å². The molecule has 9 nitrogen and oxygen atoms in total. The molecule has 0 radical (unpaired) electrons. The first-order valence-corrected chi connectivity index (χ1v) is 15.2. The Labute approximate surface area is 261 Å². The number of carbonyl (C=O) groups excluding carboxylic acids is 4. The summed E-state index contributed by atoms with van der Waals surface area (Å²) in [5.74, 6) is -4.38. The summed E-state index contributed by atoms with van der Waals surface area (Å²) in [4.78, 5) is 53.8. The van der Waals surface area contributed by atoms with Gasteiger partial charge in [-0.25, -0.2) is 9.59 Å². The molecule has 0 heterocycles. The molecule has 0 aliphatic heterocycles. The number of rotatable bonds is 6. The summed E-state index contributed by atoms with van der Waals surface area (Å²) >= 11 is 0. The Morgan fingerprint density at radius 1 is 0.933 bits per heavy atom. The fraction of sp³-hybridized carbons (Fsp3) is 0.444. The van der Waals surface area contributed by atoms with Gasteiger partial charge < -0.3 is 24.4 Å². The number of esters is 3. The molecular weight excluding hydrogens is 576 g/mol. The Kier molecular flexibility index (Phi) is 7.21. The Hall–Kier alpha value is -4.08. The van der Waals surface area contributed by atoms with E-state index in [9.17, 15) is 29.4 Å². The van der Waals surface area contributed by atoms with Crippen molar-refractivity contribution in [2.75, 3.05) is 6.61 Å². The highest BCUT2D eigenvalue weighted by atomic mass is 16.6. The Bertz CT molecular complexity index is 1630. The molecule has 2 aromatic carbocycles. The molecule has 0 amide bonds. The third kappa shape index (κ3) is 4.20. The van der Waals surface area contributed by atoms with Crippen LogP contribution in [-0.4, -0.2) is 63.9 Å². The van der Waals surface area contributed by atoms with Gasteiger partial charge in [0.05, 0.1) is 16.5 Å². The summed E-state index contributed by atoms with van der Waals surface area (Å²) in [5.41, 5.74) is -4.68. The Balaban J connectivity index is 1.42. The van der Waals surface area contributed by atoms with Gasteiger partial charge in [-0.3, -0.25) is 9.59 Å². The predicted octanol–water partition coefficient (Wildman–Crippen LogP) is 4.23. The SMILES string of the molecule is CC(=O)O[C@@]12C[C@@H](C)[C@]34C=C(C)[C@H](OC(=O)c5ccccc5)[C@@]3(O)[C@H](O)C(C)=C[C@H](C4=O)[C@@H]1[C@@]2(C)COC(=O)c1ccccc1. The van der Waals surface area contributed by atoms with E-state index in [1.54, 1.807) is 93.6 Å². The molecule has 236 valence electrons. The van der Waals surface area contributed by atoms with Crippen LogP contribution >= 0.6 is 0 Å². The van der Waals surface area contributed by atoms with E-state index in [1.165, 1.54) is 6.92 Å². The first-order chi connectivity index (χ1) is 21.2. The van der Waals surface area contributed by atoms with E-state index in [0.29, 0.717) is 16.7 Å². The van der Waals surface area contributed by atoms with Crippen molar-refractivity contribution in [1.29, 1.82) is 0 Å². The van der Waals surface area contributed by atoms with E-state index < -0.39 is 69.9 Å². The third-order valence-electron chi connectivity index (χ3n) is 10.8. The average molecular weight is 615 g/mol. The fourth-order valence-corrected chi connectivity index (χ4v) is 8.77. The molecule has 9 atom stereocenters. The lowest BCUT2D eigenvalue weighted by molar-refractivity contribution is -0.191. The maximum Gasteiger partial charge on any atom is 0.338 e. The van der Waals surface area contributed by atoms with Crippen molar-refractivity contribution in [1.82, 2.24) is 0 Å². The lowest BCUT2D eigenvalue weighted by Crippen LogP contribution is -2.65. The number of hydrogen-bond acceptors (Lipinski definition) is 9. The number of aliphatic hydroxyl groups excluding tert-OH is 1. The van der Waals surface area contributed by atoms with Crippen molar-refractivity contribution < 1.29 is 43.6 Å². The van der Waals surface area contributed by atoms with E-state index in [0.717, 1.165) is 0 Å². The number of carbonyl (C=O) groups is 4. The minimum absolute atomic E-state index is 0.117. The molecule has 2 saturated carbocycles. The zero-order valence-electron chi connectivity index (χ0n) is 26.0. The summed E-state index contributed by atoms with van der Waals surface area (Å²) in [7, 11) is 0. The maximum absolute atomic E-state index is 15.0. The molecule has 2 fully saturated rings. The highest BCUT2D eigenvalue weighted by molar-refractivity contribution is 5.96. The zero-order chi connectivity index (χ0) is 32.5. The van der Waals surface area contributed by atoms with Gasteiger partial charge in [0, 0.05) is 24.2 Å². The average Bonchev–Trinajstić information content (AvgIpc) is 3.45. The number of Topliss-reactive ketones (excluding diaryl/α,β-unsaturated/α-hetero) is 1. The van der Waals surface area contributed by atoms with Crippen LogP contribution in [0.25, 0.3) is 0 Å². The Morgan fingerprint density at radius 2 is 1.51 bits per heavy atom. The fourth-order valence-electron chi connectivity index (χ4n) is 8.77. The van der Waals surface area contributed by atoms with Crippen LogP contribution in [0.4, 0.5) is 0 Å². The second-order valence-corrected chi connectivity index (χ2v) is 13.4. The van der Waals surface area contributed by atoms with Gasteiger partial charge in [0.25, 0.3) is 0 Å². The number of aliphatic hydroxyl groups is 2. The molecule has 6 rings (SSSR count). The summed E-state index contributed by atoms with van der Waals surface area (Å²) < 4.78 is 17.8. The van der Waals surface area contributed by atoms with Gasteiger partial charge in [-0.1, -0.05) is 62.4 Å². The first-order valence-electron chi connectivity index (χ1n) is 15.2. The van der Waals surface area contributed by atoms with Crippen LogP contribution in [0.15, 0.2) is 84.0 Å². The summed E-state index contributed by atoms with van der Waals surface area (Å²) in [6.45, 7) is 8.10. The smallest absolute Gasteiger partial charge is 0.338 e. The highest BCUT2D eigenvalue weighted by Crippen LogP contribution is 2.75. The minimum atomic E-state index is -2.24. The van der Waals surface area contributed by atoms with Gasteiger partial charge in [-0.05, 0) is 61.6 Å². The summed E-state index contributed by atoms with van der Waals surface area (Å²) in [5, 5.41) is 24.5. The largest absolute Gasteiger partial charge is 0.461 e. The lowest BCUT2D eigenvalue weighted by atomic mass is 9.59. The third-order valence-corrected chi connectivity index (χ3v) is 10.8. The molecule has 4 aliphatic rings. The van der Waals surface area contributed by atoms with Gasteiger partial charge in [0.1, 0.15) is 18.3 Å². The van der Waals surface area contributed by atoms with Crippen LogP contribution in [0.2, 0.25) is 0 Å². The molecule has 0 aromatic heterocycles. The quantitative estimate of drug-likeness (QED) is 0.278. The number of hydrogen-bond donors (Lipinski definition) is 2. The van der Waals surface area contributed by atoms with Crippen LogP contribution in [0.3, 0.4) is 0 Å². The van der Waals surface area contributed by atoms with Gasteiger partial charge in [0.15, 0.2) is 17.5 Å². The molecular formula is C36H38O9. The highest BCUT2D eigenvalue weighted by Gasteiger charge is 2.85. The van der Waals surface area contributed by atoms with E-state index in [2.05, 4.69) is 0 Å². The number of ketones is 1. The summed E-state index contributed by atoms with van der Waals surface area (Å²) in [6.07, 6.45) is 0.522. The van der Waals surface area contributed by atoms with Crippen LogP contribution < -0.4 is 0 Å². The number of benzene rings is 2. The molecule has 2 bridgehead atoms. The van der Waals surface area contributed by atoms with E-state index in [4.69, 9.17) is 14.2 Å². The number of ether oxygens (including phenoxy) is 3. The van der Waals surface area contributed by atoms with Crippen LogP contribution in [-0.2, 0) is 23.8 Å². The molecule has 1 spiro atoms. The minimum Gasteiger partial charge on any atom is -0.461 e. The number of fused-ring (bicyclic) bond motifs is 3. The van der Waals surface area contributed by atoms with Crippen molar-refractivity contribution in [2.24, 2.45) is 28.6 Å².